The molecule has 0 amide bonds. The molecule has 1 heterocycles. The second-order valence-electron chi connectivity index (χ2n) is 5.42. The van der Waals surface area contributed by atoms with Crippen LogP contribution in [0, 0.1) is 0 Å². The number of likely N-dealkylation sites (N-methyl/N-ethyl adjacent to an activating group) is 1. The first-order valence-electron chi connectivity index (χ1n) is 6.71. The standard InChI is InChI=1S/C15H24N2/c1-12(2)13-6-8-15(9-7-13)17(3)11-14-5-4-10-16-14/h6-9,12,14,16H,4-5,10-11H2,1-3H3. The number of nitrogens with zero attached hydrogens (tertiary/aromatic N) is 1. The first-order chi connectivity index (χ1) is 8.16. The van der Waals surface area contributed by atoms with Gasteiger partial charge in [-0.3, -0.25) is 0 Å². The zero-order chi connectivity index (χ0) is 12.3. The van der Waals surface area contributed by atoms with Gasteiger partial charge in [0.1, 0.15) is 0 Å². The van der Waals surface area contributed by atoms with Gasteiger partial charge in [0.05, 0.1) is 0 Å². The third kappa shape index (κ3) is 3.22. The highest BCUT2D eigenvalue weighted by Crippen LogP contribution is 2.20. The summed E-state index contributed by atoms with van der Waals surface area (Å²) in [5.74, 6) is 0.617. The molecule has 1 aromatic rings. The fraction of sp³-hybridized carbons (Fsp3) is 0.600. The summed E-state index contributed by atoms with van der Waals surface area (Å²) < 4.78 is 0. The van der Waals surface area contributed by atoms with Crippen LogP contribution < -0.4 is 10.2 Å². The van der Waals surface area contributed by atoms with Crippen molar-refractivity contribution < 1.29 is 0 Å². The molecule has 0 aliphatic carbocycles. The van der Waals surface area contributed by atoms with Crippen LogP contribution in [0.2, 0.25) is 0 Å². The van der Waals surface area contributed by atoms with Crippen LogP contribution in [0.25, 0.3) is 0 Å². The minimum Gasteiger partial charge on any atom is -0.373 e. The highest BCUT2D eigenvalue weighted by Gasteiger charge is 2.16. The summed E-state index contributed by atoms with van der Waals surface area (Å²) >= 11 is 0. The van der Waals surface area contributed by atoms with Crippen molar-refractivity contribution in [1.29, 1.82) is 0 Å². The molecule has 0 bridgehead atoms. The van der Waals surface area contributed by atoms with Crippen molar-refractivity contribution in [2.24, 2.45) is 0 Å². The predicted octanol–water partition coefficient (Wildman–Crippen LogP) is 3.00. The van der Waals surface area contributed by atoms with Crippen molar-refractivity contribution >= 4 is 5.69 Å². The smallest absolute Gasteiger partial charge is 0.0364 e. The Morgan fingerprint density at radius 2 is 2.00 bits per heavy atom. The molecule has 17 heavy (non-hydrogen) atoms. The van der Waals surface area contributed by atoms with Crippen LogP contribution >= 0.6 is 0 Å². The van der Waals surface area contributed by atoms with Crippen molar-refractivity contribution in [3.8, 4) is 0 Å². The number of anilines is 1. The minimum absolute atomic E-state index is 0.617. The Morgan fingerprint density at radius 1 is 1.29 bits per heavy atom. The van der Waals surface area contributed by atoms with Crippen LogP contribution in [0.4, 0.5) is 5.69 Å². The summed E-state index contributed by atoms with van der Waals surface area (Å²) in [5, 5.41) is 3.55. The van der Waals surface area contributed by atoms with E-state index in [0.29, 0.717) is 12.0 Å². The Kier molecular flexibility index (Phi) is 4.06. The number of hydrogen-bond donors (Lipinski definition) is 1. The van der Waals surface area contributed by atoms with Gasteiger partial charge >= 0.3 is 0 Å². The lowest BCUT2D eigenvalue weighted by molar-refractivity contribution is 0.600. The van der Waals surface area contributed by atoms with Crippen LogP contribution in [-0.4, -0.2) is 26.2 Å². The summed E-state index contributed by atoms with van der Waals surface area (Å²) in [4.78, 5) is 2.35. The molecule has 1 unspecified atom stereocenters. The first kappa shape index (κ1) is 12.4. The summed E-state index contributed by atoms with van der Waals surface area (Å²) in [6.07, 6.45) is 2.64. The maximum atomic E-state index is 3.55. The number of hydrogen-bond acceptors (Lipinski definition) is 2. The molecule has 0 radical (unpaired) electrons. The van der Waals surface area contributed by atoms with Crippen molar-refractivity contribution in [1.82, 2.24) is 5.32 Å². The summed E-state index contributed by atoms with van der Waals surface area (Å²) in [6, 6.07) is 9.65. The molecule has 1 atom stereocenters. The highest BCUT2D eigenvalue weighted by atomic mass is 15.1. The summed E-state index contributed by atoms with van der Waals surface area (Å²) in [5.41, 5.74) is 2.74. The number of nitrogens with one attached hydrogen (secondary N) is 1. The lowest BCUT2D eigenvalue weighted by atomic mass is 10.0. The molecule has 2 nitrogen and oxygen atoms in total. The summed E-state index contributed by atoms with van der Waals surface area (Å²) in [7, 11) is 2.18. The van der Waals surface area contributed by atoms with Gasteiger partial charge in [-0.2, -0.15) is 0 Å². The van der Waals surface area contributed by atoms with Gasteiger partial charge < -0.3 is 10.2 Å². The third-order valence-corrected chi connectivity index (χ3v) is 3.66. The molecule has 1 aromatic carbocycles. The van der Waals surface area contributed by atoms with Gasteiger partial charge in [0.2, 0.25) is 0 Å². The molecule has 1 aliphatic rings. The van der Waals surface area contributed by atoms with Gasteiger partial charge in [-0.05, 0) is 43.0 Å². The fourth-order valence-electron chi connectivity index (χ4n) is 2.46. The number of benzene rings is 1. The lowest BCUT2D eigenvalue weighted by Crippen LogP contribution is -2.35. The van der Waals surface area contributed by atoms with E-state index in [1.54, 1.807) is 0 Å². The molecule has 1 aliphatic heterocycles. The van der Waals surface area contributed by atoms with Crippen molar-refractivity contribution in [2.75, 3.05) is 25.0 Å². The zero-order valence-electron chi connectivity index (χ0n) is 11.2. The van der Waals surface area contributed by atoms with E-state index in [2.05, 4.69) is 55.4 Å². The van der Waals surface area contributed by atoms with Gasteiger partial charge in [0.15, 0.2) is 0 Å². The molecule has 1 saturated heterocycles. The van der Waals surface area contributed by atoms with E-state index in [9.17, 15) is 0 Å². The van der Waals surface area contributed by atoms with E-state index >= 15 is 0 Å². The highest BCUT2D eigenvalue weighted by molar-refractivity contribution is 5.47. The van der Waals surface area contributed by atoms with E-state index < -0.39 is 0 Å². The van der Waals surface area contributed by atoms with Crippen molar-refractivity contribution in [3.63, 3.8) is 0 Å². The third-order valence-electron chi connectivity index (χ3n) is 3.66. The number of rotatable bonds is 4. The molecule has 94 valence electrons. The second-order valence-corrected chi connectivity index (χ2v) is 5.42. The van der Waals surface area contributed by atoms with Gasteiger partial charge in [-0.25, -0.2) is 0 Å². The average Bonchev–Trinajstić information content (AvgIpc) is 2.82. The molecular formula is C15H24N2. The first-order valence-corrected chi connectivity index (χ1v) is 6.71. The van der Waals surface area contributed by atoms with Gasteiger partial charge in [-0.1, -0.05) is 26.0 Å². The normalized spacial score (nSPS) is 19.9. The maximum absolute atomic E-state index is 3.55. The van der Waals surface area contributed by atoms with E-state index in [0.717, 1.165) is 6.54 Å². The zero-order valence-corrected chi connectivity index (χ0v) is 11.2. The van der Waals surface area contributed by atoms with Gasteiger partial charge in [0, 0.05) is 25.3 Å². The monoisotopic (exact) mass is 232 g/mol. The fourth-order valence-corrected chi connectivity index (χ4v) is 2.46. The van der Waals surface area contributed by atoms with E-state index in [1.807, 2.05) is 0 Å². The van der Waals surface area contributed by atoms with Crippen LogP contribution in [0.15, 0.2) is 24.3 Å². The molecular weight excluding hydrogens is 208 g/mol. The molecule has 2 rings (SSSR count). The summed E-state index contributed by atoms with van der Waals surface area (Å²) in [6.45, 7) is 6.77. The molecule has 0 aromatic heterocycles. The van der Waals surface area contributed by atoms with E-state index in [-0.39, 0.29) is 0 Å². The van der Waals surface area contributed by atoms with E-state index in [4.69, 9.17) is 0 Å². The average molecular weight is 232 g/mol. The Balaban J connectivity index is 1.96. The van der Waals surface area contributed by atoms with Crippen LogP contribution in [0.1, 0.15) is 38.2 Å². The quantitative estimate of drug-likeness (QED) is 0.858. The largest absolute Gasteiger partial charge is 0.373 e. The lowest BCUT2D eigenvalue weighted by Gasteiger charge is -2.23. The molecule has 1 fully saturated rings. The van der Waals surface area contributed by atoms with Crippen LogP contribution in [0.5, 0.6) is 0 Å². The Hall–Kier alpha value is -1.02. The Morgan fingerprint density at radius 3 is 2.53 bits per heavy atom. The molecule has 1 N–H and O–H groups in total. The Labute approximate surface area is 105 Å². The predicted molar refractivity (Wildman–Crippen MR) is 74.8 cm³/mol. The molecule has 0 saturated carbocycles. The Bertz CT molecular complexity index is 336. The SMILES string of the molecule is CC(C)c1ccc(N(C)CC2CCCN2)cc1. The maximum Gasteiger partial charge on any atom is 0.0364 e. The second kappa shape index (κ2) is 5.54. The van der Waals surface area contributed by atoms with Crippen molar-refractivity contribution in [2.45, 2.75) is 38.6 Å². The van der Waals surface area contributed by atoms with Crippen LogP contribution in [0.3, 0.4) is 0 Å². The van der Waals surface area contributed by atoms with E-state index in [1.165, 1.54) is 30.6 Å². The molecule has 2 heteroatoms. The van der Waals surface area contributed by atoms with Crippen molar-refractivity contribution in [3.05, 3.63) is 29.8 Å². The van der Waals surface area contributed by atoms with Crippen LogP contribution in [-0.2, 0) is 0 Å². The van der Waals surface area contributed by atoms with Gasteiger partial charge in [-0.15, -0.1) is 0 Å². The molecule has 0 spiro atoms. The minimum atomic E-state index is 0.617. The van der Waals surface area contributed by atoms with Gasteiger partial charge in [0.25, 0.3) is 0 Å². The topological polar surface area (TPSA) is 15.3 Å².